The number of carbonyl (C=O) groups is 1. The first-order valence-electron chi connectivity index (χ1n) is 11.0. The minimum absolute atomic E-state index is 0.0117. The summed E-state index contributed by atoms with van der Waals surface area (Å²) in [5, 5.41) is 2.03. The van der Waals surface area contributed by atoms with Gasteiger partial charge in [-0.25, -0.2) is 8.42 Å². The Morgan fingerprint density at radius 1 is 1.03 bits per heavy atom. The Kier molecular flexibility index (Phi) is 5.45. The molecule has 2 atom stereocenters. The van der Waals surface area contributed by atoms with E-state index in [-0.39, 0.29) is 10.8 Å². The summed E-state index contributed by atoms with van der Waals surface area (Å²) in [4.78, 5) is 16.9. The molecular weight excluding hydrogens is 416 g/mol. The van der Waals surface area contributed by atoms with Crippen LogP contribution < -0.4 is 0 Å². The molecule has 1 aliphatic carbocycles. The summed E-state index contributed by atoms with van der Waals surface area (Å²) >= 11 is 1.69. The lowest BCUT2D eigenvalue weighted by molar-refractivity contribution is 0.0390. The van der Waals surface area contributed by atoms with Gasteiger partial charge in [-0.05, 0) is 73.2 Å². The summed E-state index contributed by atoms with van der Waals surface area (Å²) < 4.78 is 28.2. The fourth-order valence-corrected chi connectivity index (χ4v) is 7.76. The van der Waals surface area contributed by atoms with E-state index in [2.05, 4.69) is 0 Å². The molecule has 1 aromatic heterocycles. The molecule has 2 aliphatic heterocycles. The third-order valence-corrected chi connectivity index (χ3v) is 9.86. The van der Waals surface area contributed by atoms with E-state index in [9.17, 15) is 13.2 Å². The van der Waals surface area contributed by atoms with Crippen molar-refractivity contribution in [2.45, 2.75) is 62.4 Å². The minimum atomic E-state index is -3.63. The summed E-state index contributed by atoms with van der Waals surface area (Å²) in [6.07, 6.45) is 7.73. The maximum absolute atomic E-state index is 13.4. The Morgan fingerprint density at radius 3 is 2.77 bits per heavy atom. The fraction of sp³-hybridized carbons (Fsp3) is 0.522. The molecule has 0 radical (unpaired) electrons. The topological polar surface area (TPSA) is 57.7 Å². The van der Waals surface area contributed by atoms with Crippen LogP contribution in [0.25, 0.3) is 0 Å². The number of sulfonamides is 1. The van der Waals surface area contributed by atoms with E-state index in [1.165, 1.54) is 30.6 Å². The number of carbonyl (C=O) groups excluding carboxylic acids is 1. The van der Waals surface area contributed by atoms with Gasteiger partial charge in [0.05, 0.1) is 4.90 Å². The summed E-state index contributed by atoms with van der Waals surface area (Å²) in [5.74, 6) is 0.596. The highest BCUT2D eigenvalue weighted by molar-refractivity contribution is 7.89. The molecule has 0 spiro atoms. The van der Waals surface area contributed by atoms with Crippen molar-refractivity contribution in [3.63, 3.8) is 0 Å². The molecule has 1 saturated heterocycles. The van der Waals surface area contributed by atoms with Crippen LogP contribution in [0.3, 0.4) is 0 Å². The van der Waals surface area contributed by atoms with Gasteiger partial charge in [-0.2, -0.15) is 4.31 Å². The predicted octanol–water partition coefficient (Wildman–Crippen LogP) is 4.29. The summed E-state index contributed by atoms with van der Waals surface area (Å²) in [5.41, 5.74) is 1.59. The van der Waals surface area contributed by atoms with E-state index in [1.54, 1.807) is 39.9 Å². The SMILES string of the molecule is O=C(c1cccc(S(=O)(=O)N2CCc3sccc3C2)c1)N1CCCC2CCCCC21. The average molecular weight is 445 g/mol. The first-order chi connectivity index (χ1) is 14.5. The number of fused-ring (bicyclic) bond motifs is 2. The van der Waals surface area contributed by atoms with Crippen molar-refractivity contribution in [2.75, 3.05) is 13.1 Å². The molecule has 1 aromatic carbocycles. The molecule has 1 amide bonds. The quantitative estimate of drug-likeness (QED) is 0.710. The molecule has 2 unspecified atom stereocenters. The van der Waals surface area contributed by atoms with Crippen molar-refractivity contribution in [3.8, 4) is 0 Å². The second-order valence-corrected chi connectivity index (χ2v) is 11.7. The number of piperidine rings is 1. The van der Waals surface area contributed by atoms with Crippen LogP contribution in [0.1, 0.15) is 59.3 Å². The number of thiophene rings is 1. The lowest BCUT2D eigenvalue weighted by Crippen LogP contribution is -2.49. The first kappa shape index (κ1) is 20.2. The van der Waals surface area contributed by atoms with Gasteiger partial charge in [0.1, 0.15) is 0 Å². The lowest BCUT2D eigenvalue weighted by atomic mass is 9.78. The van der Waals surface area contributed by atoms with Crippen LogP contribution in [0.4, 0.5) is 0 Å². The van der Waals surface area contributed by atoms with E-state index in [1.807, 2.05) is 16.3 Å². The second kappa shape index (κ2) is 8.09. The van der Waals surface area contributed by atoms with E-state index >= 15 is 0 Å². The zero-order valence-electron chi connectivity index (χ0n) is 17.1. The summed E-state index contributed by atoms with van der Waals surface area (Å²) in [7, 11) is -3.63. The van der Waals surface area contributed by atoms with Gasteiger partial charge in [0.2, 0.25) is 10.0 Å². The van der Waals surface area contributed by atoms with E-state index in [0.717, 1.165) is 31.4 Å². The number of rotatable bonds is 3. The third-order valence-electron chi connectivity index (χ3n) is 7.00. The molecule has 5 nitrogen and oxygen atoms in total. The standard InChI is InChI=1S/C23H28N2O3S2/c26-23(25-12-4-7-17-5-1-2-9-21(17)25)18-6-3-8-20(15-18)30(27,28)24-13-10-22-19(16-24)11-14-29-22/h3,6,8,11,14-15,17,21H,1-2,4-5,7,9-10,12-13,16H2. The van der Waals surface area contributed by atoms with Crippen molar-refractivity contribution < 1.29 is 13.2 Å². The fourth-order valence-electron chi connectivity index (χ4n) is 5.41. The molecule has 30 heavy (non-hydrogen) atoms. The molecule has 3 aliphatic rings. The Morgan fingerprint density at radius 2 is 1.87 bits per heavy atom. The van der Waals surface area contributed by atoms with Crippen LogP contribution in [0.15, 0.2) is 40.6 Å². The van der Waals surface area contributed by atoms with Crippen LogP contribution in [0.2, 0.25) is 0 Å². The van der Waals surface area contributed by atoms with Gasteiger partial charge in [0, 0.05) is 36.1 Å². The molecule has 160 valence electrons. The molecule has 5 rings (SSSR count). The van der Waals surface area contributed by atoms with Crippen molar-refractivity contribution in [1.82, 2.24) is 9.21 Å². The monoisotopic (exact) mass is 444 g/mol. The molecule has 0 N–H and O–H groups in total. The largest absolute Gasteiger partial charge is 0.335 e. The maximum atomic E-state index is 13.4. The highest BCUT2D eigenvalue weighted by Gasteiger charge is 2.36. The van der Waals surface area contributed by atoms with Gasteiger partial charge in [0.15, 0.2) is 0 Å². The lowest BCUT2D eigenvalue weighted by Gasteiger charge is -2.44. The number of amides is 1. The maximum Gasteiger partial charge on any atom is 0.254 e. The normalized spacial score (nSPS) is 24.9. The minimum Gasteiger partial charge on any atom is -0.335 e. The summed E-state index contributed by atoms with van der Waals surface area (Å²) in [6, 6.07) is 9.02. The van der Waals surface area contributed by atoms with E-state index in [4.69, 9.17) is 0 Å². The zero-order valence-corrected chi connectivity index (χ0v) is 18.8. The number of hydrogen-bond donors (Lipinski definition) is 0. The molecular formula is C23H28N2O3S2. The van der Waals surface area contributed by atoms with Gasteiger partial charge in [-0.15, -0.1) is 11.3 Å². The van der Waals surface area contributed by atoms with Crippen LogP contribution in [-0.4, -0.2) is 42.7 Å². The molecule has 1 saturated carbocycles. The van der Waals surface area contributed by atoms with Crippen molar-refractivity contribution in [2.24, 2.45) is 5.92 Å². The van der Waals surface area contributed by atoms with E-state index < -0.39 is 10.0 Å². The summed E-state index contributed by atoms with van der Waals surface area (Å²) in [6.45, 7) is 1.68. The van der Waals surface area contributed by atoms with Crippen LogP contribution in [0.5, 0.6) is 0 Å². The predicted molar refractivity (Wildman–Crippen MR) is 118 cm³/mol. The molecule has 7 heteroatoms. The Labute approximate surface area is 182 Å². The van der Waals surface area contributed by atoms with Crippen LogP contribution in [0, 0.1) is 5.92 Å². The number of hydrogen-bond acceptors (Lipinski definition) is 4. The first-order valence-corrected chi connectivity index (χ1v) is 13.3. The number of benzene rings is 1. The van der Waals surface area contributed by atoms with Crippen molar-refractivity contribution >= 4 is 27.3 Å². The molecule has 2 aromatic rings. The zero-order chi connectivity index (χ0) is 20.7. The van der Waals surface area contributed by atoms with Crippen LogP contribution in [-0.2, 0) is 23.0 Å². The van der Waals surface area contributed by atoms with Gasteiger partial charge < -0.3 is 4.90 Å². The smallest absolute Gasteiger partial charge is 0.254 e. The van der Waals surface area contributed by atoms with E-state index in [0.29, 0.717) is 30.6 Å². The average Bonchev–Trinajstić information content (AvgIpc) is 3.26. The van der Waals surface area contributed by atoms with Crippen LogP contribution >= 0.6 is 11.3 Å². The Bertz CT molecular complexity index is 1040. The molecule has 3 heterocycles. The van der Waals surface area contributed by atoms with Crippen molar-refractivity contribution in [3.05, 3.63) is 51.7 Å². The highest BCUT2D eigenvalue weighted by Crippen LogP contribution is 2.36. The third kappa shape index (κ3) is 3.61. The second-order valence-electron chi connectivity index (χ2n) is 8.74. The van der Waals surface area contributed by atoms with Gasteiger partial charge in [0.25, 0.3) is 5.91 Å². The number of nitrogens with zero attached hydrogens (tertiary/aromatic N) is 2. The van der Waals surface area contributed by atoms with Gasteiger partial charge in [-0.3, -0.25) is 4.79 Å². The number of likely N-dealkylation sites (tertiary alicyclic amines) is 1. The molecule has 2 fully saturated rings. The van der Waals surface area contributed by atoms with Gasteiger partial charge in [-0.1, -0.05) is 18.9 Å². The van der Waals surface area contributed by atoms with Gasteiger partial charge >= 0.3 is 0 Å². The Hall–Kier alpha value is -1.70. The van der Waals surface area contributed by atoms with Crippen molar-refractivity contribution in [1.29, 1.82) is 0 Å². The Balaban J connectivity index is 1.39. The highest BCUT2D eigenvalue weighted by atomic mass is 32.2. The molecule has 0 bridgehead atoms.